The molecule has 0 amide bonds. The van der Waals surface area contributed by atoms with Crippen molar-refractivity contribution in [2.24, 2.45) is 0 Å². The quantitative estimate of drug-likeness (QED) is 0.783. The van der Waals surface area contributed by atoms with Gasteiger partial charge in [-0.3, -0.25) is 4.72 Å². The van der Waals surface area contributed by atoms with E-state index in [4.69, 9.17) is 4.74 Å². The van der Waals surface area contributed by atoms with Gasteiger partial charge in [-0.2, -0.15) is 12.7 Å². The Labute approximate surface area is 106 Å². The molecular formula is C10H16N4O3S. The molecule has 2 rings (SSSR count). The minimum atomic E-state index is -3.55. The van der Waals surface area contributed by atoms with Gasteiger partial charge < -0.3 is 10.1 Å². The number of nitrogens with zero attached hydrogens (tertiary/aromatic N) is 2. The Morgan fingerprint density at radius 2 is 2.17 bits per heavy atom. The first-order valence-corrected chi connectivity index (χ1v) is 7.05. The summed E-state index contributed by atoms with van der Waals surface area (Å²) in [7, 11) is -2.10. The van der Waals surface area contributed by atoms with Crippen LogP contribution < -0.4 is 14.8 Å². The number of aromatic nitrogens is 1. The SMILES string of the molecule is COc1ncccc1NS(=O)(=O)N1CCNCC1. The highest BCUT2D eigenvalue weighted by molar-refractivity contribution is 7.90. The molecule has 0 unspecified atom stereocenters. The summed E-state index contributed by atoms with van der Waals surface area (Å²) in [5, 5.41) is 3.10. The van der Waals surface area contributed by atoms with Crippen LogP contribution >= 0.6 is 0 Å². The molecule has 18 heavy (non-hydrogen) atoms. The molecule has 2 N–H and O–H groups in total. The molecule has 1 aromatic heterocycles. The average Bonchev–Trinajstić information content (AvgIpc) is 2.40. The minimum Gasteiger partial charge on any atom is -0.480 e. The highest BCUT2D eigenvalue weighted by Gasteiger charge is 2.24. The van der Waals surface area contributed by atoms with Crippen LogP contribution in [0.3, 0.4) is 0 Å². The third-order valence-corrected chi connectivity index (χ3v) is 4.14. The molecule has 100 valence electrons. The Morgan fingerprint density at radius 3 is 2.83 bits per heavy atom. The van der Waals surface area contributed by atoms with Crippen LogP contribution in [0.4, 0.5) is 5.69 Å². The van der Waals surface area contributed by atoms with Crippen molar-refractivity contribution in [3.05, 3.63) is 18.3 Å². The van der Waals surface area contributed by atoms with E-state index >= 15 is 0 Å². The standard InChI is InChI=1S/C10H16N4O3S/c1-17-10-9(3-2-4-12-10)13-18(15,16)14-7-5-11-6-8-14/h2-4,11,13H,5-8H2,1H3. The Bertz CT molecular complexity index is 500. The number of rotatable bonds is 4. The maximum atomic E-state index is 12.1. The van der Waals surface area contributed by atoms with Crippen LogP contribution in [0, 0.1) is 0 Å². The fourth-order valence-electron chi connectivity index (χ4n) is 1.72. The first-order valence-electron chi connectivity index (χ1n) is 5.61. The Kier molecular flexibility index (Phi) is 4.00. The van der Waals surface area contributed by atoms with Gasteiger partial charge in [0.05, 0.1) is 7.11 Å². The maximum absolute atomic E-state index is 12.1. The van der Waals surface area contributed by atoms with Crippen molar-refractivity contribution >= 4 is 15.9 Å². The minimum absolute atomic E-state index is 0.260. The molecule has 0 aromatic carbocycles. The lowest BCUT2D eigenvalue weighted by atomic mass is 10.4. The van der Waals surface area contributed by atoms with E-state index in [0.29, 0.717) is 31.9 Å². The van der Waals surface area contributed by atoms with Crippen LogP contribution in [0.5, 0.6) is 5.88 Å². The predicted octanol–water partition coefficient (Wildman–Crippen LogP) is -0.348. The summed E-state index contributed by atoms with van der Waals surface area (Å²) in [5.41, 5.74) is 0.346. The Hall–Kier alpha value is -1.38. The van der Waals surface area contributed by atoms with Crippen molar-refractivity contribution in [3.63, 3.8) is 0 Å². The number of pyridine rings is 1. The van der Waals surface area contributed by atoms with E-state index in [1.807, 2.05) is 0 Å². The van der Waals surface area contributed by atoms with Crippen LogP contribution in [0.25, 0.3) is 0 Å². The molecule has 0 spiro atoms. The van der Waals surface area contributed by atoms with E-state index in [1.165, 1.54) is 11.4 Å². The van der Waals surface area contributed by atoms with Gasteiger partial charge in [-0.15, -0.1) is 0 Å². The Balaban J connectivity index is 2.16. The van der Waals surface area contributed by atoms with Crippen LogP contribution in [0.1, 0.15) is 0 Å². The number of methoxy groups -OCH3 is 1. The van der Waals surface area contributed by atoms with Crippen molar-refractivity contribution in [2.75, 3.05) is 38.0 Å². The van der Waals surface area contributed by atoms with Crippen molar-refractivity contribution in [1.29, 1.82) is 0 Å². The molecule has 0 aliphatic carbocycles. The lowest BCUT2D eigenvalue weighted by Gasteiger charge is -2.27. The molecule has 2 heterocycles. The zero-order chi connectivity index (χ0) is 13.0. The third-order valence-electron chi connectivity index (χ3n) is 2.62. The van der Waals surface area contributed by atoms with Crippen molar-refractivity contribution < 1.29 is 13.2 Å². The lowest BCUT2D eigenvalue weighted by Crippen LogP contribution is -2.48. The normalized spacial score (nSPS) is 17.4. The van der Waals surface area contributed by atoms with Gasteiger partial charge in [0.25, 0.3) is 0 Å². The van der Waals surface area contributed by atoms with Gasteiger partial charge in [-0.05, 0) is 12.1 Å². The summed E-state index contributed by atoms with van der Waals surface area (Å²) in [5.74, 6) is 0.260. The molecule has 1 aliphatic heterocycles. The molecule has 1 fully saturated rings. The summed E-state index contributed by atoms with van der Waals surface area (Å²) < 4.78 is 33.2. The first kappa shape index (κ1) is 13.1. The lowest BCUT2D eigenvalue weighted by molar-refractivity contribution is 0.362. The van der Waals surface area contributed by atoms with Crippen molar-refractivity contribution in [2.45, 2.75) is 0 Å². The van der Waals surface area contributed by atoms with Gasteiger partial charge >= 0.3 is 10.2 Å². The fraction of sp³-hybridized carbons (Fsp3) is 0.500. The monoisotopic (exact) mass is 272 g/mol. The number of nitrogens with one attached hydrogen (secondary N) is 2. The number of hydrogen-bond donors (Lipinski definition) is 2. The van der Waals surface area contributed by atoms with E-state index in [1.54, 1.807) is 18.3 Å². The smallest absolute Gasteiger partial charge is 0.301 e. The van der Waals surface area contributed by atoms with Gasteiger partial charge in [-0.1, -0.05) is 0 Å². The molecule has 1 aliphatic rings. The van der Waals surface area contributed by atoms with Gasteiger partial charge in [-0.25, -0.2) is 4.98 Å². The van der Waals surface area contributed by atoms with Gasteiger partial charge in [0, 0.05) is 32.4 Å². The number of hydrogen-bond acceptors (Lipinski definition) is 5. The molecule has 0 atom stereocenters. The summed E-state index contributed by atoms with van der Waals surface area (Å²) in [6.45, 7) is 2.23. The van der Waals surface area contributed by atoms with Gasteiger partial charge in [0.1, 0.15) is 5.69 Å². The zero-order valence-corrected chi connectivity index (χ0v) is 10.9. The van der Waals surface area contributed by atoms with Crippen LogP contribution in [-0.4, -0.2) is 51.0 Å². The van der Waals surface area contributed by atoms with E-state index < -0.39 is 10.2 Å². The second kappa shape index (κ2) is 5.51. The number of ether oxygens (including phenoxy) is 1. The molecule has 0 bridgehead atoms. The highest BCUT2D eigenvalue weighted by atomic mass is 32.2. The molecular weight excluding hydrogens is 256 g/mol. The second-order valence-corrected chi connectivity index (χ2v) is 5.49. The van der Waals surface area contributed by atoms with Crippen molar-refractivity contribution in [1.82, 2.24) is 14.6 Å². The molecule has 8 heteroatoms. The van der Waals surface area contributed by atoms with E-state index in [0.717, 1.165) is 0 Å². The topological polar surface area (TPSA) is 83.6 Å². The van der Waals surface area contributed by atoms with E-state index in [-0.39, 0.29) is 5.88 Å². The summed E-state index contributed by atoms with van der Waals surface area (Å²) in [6.07, 6.45) is 1.54. The average molecular weight is 272 g/mol. The summed E-state index contributed by atoms with van der Waals surface area (Å²) in [4.78, 5) is 3.95. The number of anilines is 1. The molecule has 0 saturated carbocycles. The zero-order valence-electron chi connectivity index (χ0n) is 10.1. The third kappa shape index (κ3) is 2.89. The molecule has 7 nitrogen and oxygen atoms in total. The largest absolute Gasteiger partial charge is 0.480 e. The van der Waals surface area contributed by atoms with E-state index in [2.05, 4.69) is 15.0 Å². The van der Waals surface area contributed by atoms with E-state index in [9.17, 15) is 8.42 Å². The molecule has 0 radical (unpaired) electrons. The number of piperazine rings is 1. The Morgan fingerprint density at radius 1 is 1.44 bits per heavy atom. The second-order valence-electron chi connectivity index (χ2n) is 3.82. The van der Waals surface area contributed by atoms with Crippen LogP contribution in [0.2, 0.25) is 0 Å². The van der Waals surface area contributed by atoms with Gasteiger partial charge in [0.2, 0.25) is 5.88 Å². The highest BCUT2D eigenvalue weighted by Crippen LogP contribution is 2.22. The summed E-state index contributed by atoms with van der Waals surface area (Å²) in [6, 6.07) is 3.27. The molecule has 1 aromatic rings. The van der Waals surface area contributed by atoms with Gasteiger partial charge in [0.15, 0.2) is 0 Å². The molecule has 1 saturated heterocycles. The first-order chi connectivity index (χ1) is 8.63. The fourth-order valence-corrected chi connectivity index (χ4v) is 2.94. The van der Waals surface area contributed by atoms with Crippen LogP contribution in [0.15, 0.2) is 18.3 Å². The van der Waals surface area contributed by atoms with Crippen LogP contribution in [-0.2, 0) is 10.2 Å². The van der Waals surface area contributed by atoms with Crippen molar-refractivity contribution in [3.8, 4) is 5.88 Å². The summed E-state index contributed by atoms with van der Waals surface area (Å²) >= 11 is 0. The maximum Gasteiger partial charge on any atom is 0.301 e. The predicted molar refractivity (Wildman–Crippen MR) is 67.8 cm³/mol.